The van der Waals surface area contributed by atoms with E-state index in [4.69, 9.17) is 9.84 Å². The van der Waals surface area contributed by atoms with Crippen molar-refractivity contribution in [3.63, 3.8) is 0 Å². The second-order valence-corrected chi connectivity index (χ2v) is 3.94. The van der Waals surface area contributed by atoms with E-state index >= 15 is 0 Å². The van der Waals surface area contributed by atoms with Crippen LogP contribution in [0.25, 0.3) is 0 Å². The van der Waals surface area contributed by atoms with E-state index in [1.165, 1.54) is 17.0 Å². The Bertz CT molecular complexity index is 473. The first-order valence-electron chi connectivity index (χ1n) is 5.51. The van der Waals surface area contributed by atoms with Gasteiger partial charge >= 0.3 is 5.97 Å². The third-order valence-electron chi connectivity index (χ3n) is 2.81. The number of amides is 1. The molecule has 6 heteroatoms. The predicted molar refractivity (Wildman–Crippen MR) is 61.4 cm³/mol. The van der Waals surface area contributed by atoms with Crippen LogP contribution >= 0.6 is 0 Å². The quantitative estimate of drug-likeness (QED) is 0.790. The molecule has 1 aliphatic rings. The molecule has 0 aliphatic carbocycles. The lowest BCUT2D eigenvalue weighted by atomic mass is 10.1. The molecule has 1 aliphatic heterocycles. The van der Waals surface area contributed by atoms with Gasteiger partial charge in [0, 0.05) is 6.54 Å². The van der Waals surface area contributed by atoms with Crippen LogP contribution in [-0.2, 0) is 9.53 Å². The first kappa shape index (κ1) is 12.4. The molecule has 1 fully saturated rings. The smallest absolute Gasteiger partial charge is 0.328 e. The average Bonchev–Trinajstić information content (AvgIpc) is 2.38. The number of carbonyl (C=O) groups excluding carboxylic acids is 1. The molecule has 0 aromatic heterocycles. The summed E-state index contributed by atoms with van der Waals surface area (Å²) in [4.78, 5) is 24.4. The van der Waals surface area contributed by atoms with E-state index in [1.54, 1.807) is 12.1 Å². The van der Waals surface area contributed by atoms with E-state index in [1.807, 2.05) is 0 Å². The van der Waals surface area contributed by atoms with Crippen LogP contribution < -0.4 is 0 Å². The number of carboxylic acids is 1. The van der Waals surface area contributed by atoms with Crippen LogP contribution in [0.4, 0.5) is 0 Å². The number of nitrogens with zero attached hydrogens (tertiary/aromatic N) is 1. The van der Waals surface area contributed by atoms with Crippen LogP contribution in [0.1, 0.15) is 10.4 Å². The summed E-state index contributed by atoms with van der Waals surface area (Å²) in [6.45, 7) is 0.460. The van der Waals surface area contributed by atoms with E-state index < -0.39 is 17.9 Å². The largest absolute Gasteiger partial charge is 0.507 e. The van der Waals surface area contributed by atoms with Crippen LogP contribution in [-0.4, -0.2) is 52.8 Å². The Balaban J connectivity index is 2.27. The standard InChI is InChI=1S/C12H13NO5/c14-10-4-2-1-3-8(10)11(15)13-5-6-18-7-9(13)12(16)17/h1-4,9,14H,5-7H2,(H,16,17). The zero-order valence-corrected chi connectivity index (χ0v) is 9.57. The molecule has 6 nitrogen and oxygen atoms in total. The third-order valence-corrected chi connectivity index (χ3v) is 2.81. The van der Waals surface area contributed by atoms with Crippen molar-refractivity contribution in [3.8, 4) is 5.75 Å². The molecule has 0 radical (unpaired) electrons. The summed E-state index contributed by atoms with van der Waals surface area (Å²) in [5, 5.41) is 18.6. The maximum Gasteiger partial charge on any atom is 0.328 e. The number of phenols is 1. The summed E-state index contributed by atoms with van der Waals surface area (Å²) >= 11 is 0. The molecule has 0 saturated carbocycles. The lowest BCUT2D eigenvalue weighted by Gasteiger charge is -2.32. The Kier molecular flexibility index (Phi) is 3.47. The van der Waals surface area contributed by atoms with Gasteiger partial charge in [-0.1, -0.05) is 12.1 Å². The van der Waals surface area contributed by atoms with Gasteiger partial charge in [0.25, 0.3) is 5.91 Å². The summed E-state index contributed by atoms with van der Waals surface area (Å²) in [5.41, 5.74) is 0.102. The Hall–Kier alpha value is -2.08. The molecule has 2 N–H and O–H groups in total. The van der Waals surface area contributed by atoms with Gasteiger partial charge in [0.2, 0.25) is 0 Å². The molecular weight excluding hydrogens is 238 g/mol. The van der Waals surface area contributed by atoms with Gasteiger partial charge in [0.15, 0.2) is 6.04 Å². The molecule has 1 atom stereocenters. The van der Waals surface area contributed by atoms with E-state index in [0.29, 0.717) is 6.61 Å². The molecule has 1 amide bonds. The fourth-order valence-corrected chi connectivity index (χ4v) is 1.86. The van der Waals surface area contributed by atoms with E-state index in [0.717, 1.165) is 0 Å². The minimum atomic E-state index is -1.11. The zero-order chi connectivity index (χ0) is 13.1. The van der Waals surface area contributed by atoms with Crippen LogP contribution in [0.15, 0.2) is 24.3 Å². The van der Waals surface area contributed by atoms with Crippen molar-refractivity contribution in [2.45, 2.75) is 6.04 Å². The number of phenolic OH excluding ortho intramolecular Hbond substituents is 1. The maximum atomic E-state index is 12.2. The first-order valence-corrected chi connectivity index (χ1v) is 5.51. The molecule has 1 aromatic rings. The Morgan fingerprint density at radius 3 is 2.72 bits per heavy atom. The summed E-state index contributed by atoms with van der Waals surface area (Å²) < 4.78 is 5.05. The van der Waals surface area contributed by atoms with Crippen LogP contribution in [0.5, 0.6) is 5.75 Å². The number of rotatable bonds is 2. The number of para-hydroxylation sites is 1. The lowest BCUT2D eigenvalue weighted by molar-refractivity contribution is -0.147. The fraction of sp³-hybridized carbons (Fsp3) is 0.333. The van der Waals surface area contributed by atoms with Crippen molar-refractivity contribution >= 4 is 11.9 Å². The molecule has 2 rings (SSSR count). The fourth-order valence-electron chi connectivity index (χ4n) is 1.86. The van der Waals surface area contributed by atoms with Gasteiger partial charge in [-0.3, -0.25) is 4.79 Å². The number of aliphatic carboxylic acids is 1. The van der Waals surface area contributed by atoms with Crippen LogP contribution in [0.2, 0.25) is 0 Å². The topological polar surface area (TPSA) is 87.1 Å². The highest BCUT2D eigenvalue weighted by Gasteiger charge is 2.33. The number of morpholine rings is 1. The number of hydrogen-bond donors (Lipinski definition) is 2. The van der Waals surface area contributed by atoms with Crippen molar-refractivity contribution in [2.24, 2.45) is 0 Å². The lowest BCUT2D eigenvalue weighted by Crippen LogP contribution is -2.52. The van der Waals surface area contributed by atoms with Gasteiger partial charge in [-0.25, -0.2) is 4.79 Å². The van der Waals surface area contributed by atoms with E-state index in [-0.39, 0.29) is 24.5 Å². The van der Waals surface area contributed by atoms with E-state index in [9.17, 15) is 14.7 Å². The Morgan fingerprint density at radius 2 is 2.06 bits per heavy atom. The van der Waals surface area contributed by atoms with Gasteiger partial charge in [0.1, 0.15) is 5.75 Å². The number of carbonyl (C=O) groups is 2. The van der Waals surface area contributed by atoms with Gasteiger partial charge in [0.05, 0.1) is 18.8 Å². The summed E-state index contributed by atoms with van der Waals surface area (Å²) in [6.07, 6.45) is 0. The second-order valence-electron chi connectivity index (χ2n) is 3.94. The van der Waals surface area contributed by atoms with Gasteiger partial charge in [-0.15, -0.1) is 0 Å². The SMILES string of the molecule is O=C(O)C1COCCN1C(=O)c1ccccc1O. The molecule has 0 spiro atoms. The van der Waals surface area contributed by atoms with Gasteiger partial charge < -0.3 is 19.8 Å². The average molecular weight is 251 g/mol. The van der Waals surface area contributed by atoms with Crippen molar-refractivity contribution in [1.82, 2.24) is 4.90 Å². The van der Waals surface area contributed by atoms with Gasteiger partial charge in [-0.2, -0.15) is 0 Å². The molecule has 18 heavy (non-hydrogen) atoms. The molecular formula is C12H13NO5. The van der Waals surface area contributed by atoms with Crippen molar-refractivity contribution < 1.29 is 24.5 Å². The van der Waals surface area contributed by atoms with Crippen LogP contribution in [0, 0.1) is 0 Å². The monoisotopic (exact) mass is 251 g/mol. The third kappa shape index (κ3) is 2.28. The molecule has 1 aromatic carbocycles. The zero-order valence-electron chi connectivity index (χ0n) is 9.57. The van der Waals surface area contributed by atoms with Gasteiger partial charge in [-0.05, 0) is 12.1 Å². The van der Waals surface area contributed by atoms with Crippen molar-refractivity contribution in [1.29, 1.82) is 0 Å². The molecule has 0 bridgehead atoms. The number of carboxylic acid groups (broad SMARTS) is 1. The Labute approximate surface area is 103 Å². The summed E-state index contributed by atoms with van der Waals surface area (Å²) in [6, 6.07) is 5.06. The number of benzene rings is 1. The first-order chi connectivity index (χ1) is 8.61. The predicted octanol–water partition coefficient (Wildman–Crippen LogP) is 0.318. The minimum Gasteiger partial charge on any atom is -0.507 e. The van der Waals surface area contributed by atoms with Crippen molar-refractivity contribution in [3.05, 3.63) is 29.8 Å². The Morgan fingerprint density at radius 1 is 1.33 bits per heavy atom. The number of aromatic hydroxyl groups is 1. The van der Waals surface area contributed by atoms with E-state index in [2.05, 4.69) is 0 Å². The highest BCUT2D eigenvalue weighted by atomic mass is 16.5. The number of ether oxygens (including phenoxy) is 1. The molecule has 1 saturated heterocycles. The maximum absolute atomic E-state index is 12.2. The normalized spacial score (nSPS) is 19.6. The molecule has 96 valence electrons. The number of hydrogen-bond acceptors (Lipinski definition) is 4. The summed E-state index contributed by atoms with van der Waals surface area (Å²) in [7, 11) is 0. The highest BCUT2D eigenvalue weighted by Crippen LogP contribution is 2.20. The summed E-state index contributed by atoms with van der Waals surface area (Å²) in [5.74, 6) is -1.76. The second kappa shape index (κ2) is 5.05. The minimum absolute atomic E-state index is 0.0331. The molecule has 1 heterocycles. The van der Waals surface area contributed by atoms with Crippen LogP contribution in [0.3, 0.4) is 0 Å². The molecule has 1 unspecified atom stereocenters. The highest BCUT2D eigenvalue weighted by molar-refractivity contribution is 5.98. The van der Waals surface area contributed by atoms with Crippen molar-refractivity contribution in [2.75, 3.05) is 19.8 Å².